The van der Waals surface area contributed by atoms with E-state index in [1.165, 1.54) is 0 Å². The Kier molecular flexibility index (Phi) is 5.94. The molecule has 1 saturated heterocycles. The average Bonchev–Trinajstić information content (AvgIpc) is 2.74. The van der Waals surface area contributed by atoms with Crippen LogP contribution < -0.4 is 9.47 Å². The van der Waals surface area contributed by atoms with Crippen molar-refractivity contribution in [1.82, 2.24) is 9.80 Å². The second-order valence-corrected chi connectivity index (χ2v) is 6.34. The molecule has 140 valence electrons. The van der Waals surface area contributed by atoms with E-state index in [0.29, 0.717) is 43.2 Å². The van der Waals surface area contributed by atoms with E-state index in [9.17, 15) is 10.1 Å². The summed E-state index contributed by atoms with van der Waals surface area (Å²) in [5.41, 5.74) is 1.50. The Balaban J connectivity index is 1.69. The number of nitrogens with zero attached hydrogens (tertiary/aromatic N) is 3. The predicted octanol–water partition coefficient (Wildman–Crippen LogP) is 2.73. The summed E-state index contributed by atoms with van der Waals surface area (Å²) in [4.78, 5) is 16.8. The molecular formula is C21H23N3O3. The molecule has 0 N–H and O–H groups in total. The van der Waals surface area contributed by atoms with Crippen LogP contribution in [0.25, 0.3) is 0 Å². The number of ether oxygens (including phenoxy) is 2. The molecule has 0 aromatic heterocycles. The van der Waals surface area contributed by atoms with Crippen LogP contribution in [0.5, 0.6) is 11.5 Å². The summed E-state index contributed by atoms with van der Waals surface area (Å²) in [5, 5.41) is 9.60. The standard InChI is InChI=1S/C21H23N3O3/c1-26-17-8-9-18(20(14-17)27-2)21(25)24-12-10-23(11-13-24)19(15-22)16-6-4-3-5-7-16/h3-9,14,19H,10-13H2,1-2H3. The highest BCUT2D eigenvalue weighted by Gasteiger charge is 2.28. The first-order valence-electron chi connectivity index (χ1n) is 8.88. The first-order valence-corrected chi connectivity index (χ1v) is 8.88. The molecule has 1 aliphatic rings. The summed E-state index contributed by atoms with van der Waals surface area (Å²) in [6.07, 6.45) is 0. The van der Waals surface area contributed by atoms with Gasteiger partial charge in [-0.05, 0) is 17.7 Å². The van der Waals surface area contributed by atoms with Crippen molar-refractivity contribution in [2.45, 2.75) is 6.04 Å². The molecule has 27 heavy (non-hydrogen) atoms. The van der Waals surface area contributed by atoms with Crippen molar-refractivity contribution in [3.63, 3.8) is 0 Å². The van der Waals surface area contributed by atoms with Crippen molar-refractivity contribution >= 4 is 5.91 Å². The molecular weight excluding hydrogens is 342 g/mol. The second-order valence-electron chi connectivity index (χ2n) is 6.34. The van der Waals surface area contributed by atoms with Gasteiger partial charge < -0.3 is 14.4 Å². The number of carbonyl (C=O) groups excluding carboxylic acids is 1. The number of nitriles is 1. The fourth-order valence-corrected chi connectivity index (χ4v) is 3.33. The van der Waals surface area contributed by atoms with Gasteiger partial charge in [-0.25, -0.2) is 0 Å². The summed E-state index contributed by atoms with van der Waals surface area (Å²) >= 11 is 0. The molecule has 1 atom stereocenters. The lowest BCUT2D eigenvalue weighted by atomic mass is 10.1. The fourth-order valence-electron chi connectivity index (χ4n) is 3.33. The smallest absolute Gasteiger partial charge is 0.257 e. The third kappa shape index (κ3) is 4.04. The van der Waals surface area contributed by atoms with E-state index < -0.39 is 0 Å². The monoisotopic (exact) mass is 365 g/mol. The molecule has 6 heteroatoms. The topological polar surface area (TPSA) is 65.8 Å². The highest BCUT2D eigenvalue weighted by Crippen LogP contribution is 2.27. The Bertz CT molecular complexity index is 824. The van der Waals surface area contributed by atoms with E-state index in [-0.39, 0.29) is 11.9 Å². The number of hydrogen-bond acceptors (Lipinski definition) is 5. The van der Waals surface area contributed by atoms with Gasteiger partial charge in [0.2, 0.25) is 0 Å². The third-order valence-electron chi connectivity index (χ3n) is 4.84. The maximum atomic E-state index is 12.9. The predicted molar refractivity (Wildman–Crippen MR) is 102 cm³/mol. The molecule has 0 spiro atoms. The maximum Gasteiger partial charge on any atom is 0.257 e. The Morgan fingerprint density at radius 2 is 1.74 bits per heavy atom. The molecule has 6 nitrogen and oxygen atoms in total. The Morgan fingerprint density at radius 1 is 1.04 bits per heavy atom. The van der Waals surface area contributed by atoms with Gasteiger partial charge >= 0.3 is 0 Å². The van der Waals surface area contributed by atoms with E-state index in [1.807, 2.05) is 30.3 Å². The lowest BCUT2D eigenvalue weighted by Gasteiger charge is -2.37. The zero-order chi connectivity index (χ0) is 19.2. The quantitative estimate of drug-likeness (QED) is 0.815. The fraction of sp³-hybridized carbons (Fsp3) is 0.333. The van der Waals surface area contributed by atoms with Gasteiger partial charge in [-0.1, -0.05) is 30.3 Å². The molecule has 0 aliphatic carbocycles. The SMILES string of the molecule is COc1ccc(C(=O)N2CCN(C(C#N)c3ccccc3)CC2)c(OC)c1. The maximum absolute atomic E-state index is 12.9. The van der Waals surface area contributed by atoms with Gasteiger partial charge in [0.1, 0.15) is 17.5 Å². The molecule has 1 fully saturated rings. The molecule has 2 aromatic carbocycles. The molecule has 1 unspecified atom stereocenters. The number of amides is 1. The van der Waals surface area contributed by atoms with Gasteiger partial charge in [0.25, 0.3) is 5.91 Å². The third-order valence-corrected chi connectivity index (χ3v) is 4.84. The highest BCUT2D eigenvalue weighted by molar-refractivity contribution is 5.97. The van der Waals surface area contributed by atoms with Gasteiger partial charge in [0.15, 0.2) is 0 Å². The van der Waals surface area contributed by atoms with Crippen molar-refractivity contribution in [2.75, 3.05) is 40.4 Å². The van der Waals surface area contributed by atoms with E-state index in [2.05, 4.69) is 11.0 Å². The summed E-state index contributed by atoms with van der Waals surface area (Å²) < 4.78 is 10.5. The van der Waals surface area contributed by atoms with Crippen LogP contribution in [0.15, 0.2) is 48.5 Å². The van der Waals surface area contributed by atoms with Gasteiger partial charge in [-0.15, -0.1) is 0 Å². The van der Waals surface area contributed by atoms with Crippen molar-refractivity contribution in [1.29, 1.82) is 5.26 Å². The van der Waals surface area contributed by atoms with Gasteiger partial charge in [-0.2, -0.15) is 5.26 Å². The van der Waals surface area contributed by atoms with Crippen LogP contribution in [0.1, 0.15) is 22.0 Å². The van der Waals surface area contributed by atoms with Crippen LogP contribution in [0.2, 0.25) is 0 Å². The first-order chi connectivity index (χ1) is 13.2. The zero-order valence-electron chi connectivity index (χ0n) is 15.6. The molecule has 3 rings (SSSR count). The largest absolute Gasteiger partial charge is 0.497 e. The van der Waals surface area contributed by atoms with Gasteiger partial charge in [0.05, 0.1) is 25.9 Å². The summed E-state index contributed by atoms with van der Waals surface area (Å²) in [6.45, 7) is 2.44. The van der Waals surface area contributed by atoms with Crippen LogP contribution >= 0.6 is 0 Å². The number of methoxy groups -OCH3 is 2. The Hall–Kier alpha value is -3.04. The van der Waals surface area contributed by atoms with Crippen LogP contribution in [-0.2, 0) is 0 Å². The second kappa shape index (κ2) is 8.56. The minimum Gasteiger partial charge on any atom is -0.497 e. The van der Waals surface area contributed by atoms with Gasteiger partial charge in [0, 0.05) is 32.2 Å². The number of rotatable bonds is 5. The van der Waals surface area contributed by atoms with E-state index in [4.69, 9.17) is 9.47 Å². The van der Waals surface area contributed by atoms with Crippen LogP contribution in [0.4, 0.5) is 0 Å². The number of piperazine rings is 1. The van der Waals surface area contributed by atoms with E-state index in [0.717, 1.165) is 5.56 Å². The molecule has 1 heterocycles. The molecule has 0 radical (unpaired) electrons. The Morgan fingerprint density at radius 3 is 2.33 bits per heavy atom. The average molecular weight is 365 g/mol. The number of carbonyl (C=O) groups is 1. The summed E-state index contributed by atoms with van der Waals surface area (Å²) in [6, 6.07) is 17.0. The Labute approximate surface area is 159 Å². The molecule has 0 saturated carbocycles. The van der Waals surface area contributed by atoms with Crippen molar-refractivity contribution in [3.8, 4) is 17.6 Å². The van der Waals surface area contributed by atoms with Crippen LogP contribution in [0.3, 0.4) is 0 Å². The van der Waals surface area contributed by atoms with E-state index >= 15 is 0 Å². The molecule has 1 amide bonds. The minimum atomic E-state index is -0.293. The van der Waals surface area contributed by atoms with Crippen molar-refractivity contribution in [3.05, 3.63) is 59.7 Å². The minimum absolute atomic E-state index is 0.0672. The van der Waals surface area contributed by atoms with Crippen molar-refractivity contribution in [2.24, 2.45) is 0 Å². The van der Waals surface area contributed by atoms with E-state index in [1.54, 1.807) is 37.3 Å². The molecule has 1 aliphatic heterocycles. The van der Waals surface area contributed by atoms with Gasteiger partial charge in [-0.3, -0.25) is 9.69 Å². The lowest BCUT2D eigenvalue weighted by molar-refractivity contribution is 0.0603. The highest BCUT2D eigenvalue weighted by atomic mass is 16.5. The van der Waals surface area contributed by atoms with Crippen molar-refractivity contribution < 1.29 is 14.3 Å². The number of benzene rings is 2. The summed E-state index contributed by atoms with van der Waals surface area (Å²) in [7, 11) is 3.12. The number of hydrogen-bond donors (Lipinski definition) is 0. The first kappa shape index (κ1) is 18.7. The van der Waals surface area contributed by atoms with Crippen LogP contribution in [0, 0.1) is 11.3 Å². The lowest BCUT2D eigenvalue weighted by Crippen LogP contribution is -2.49. The van der Waals surface area contributed by atoms with Crippen LogP contribution in [-0.4, -0.2) is 56.1 Å². The zero-order valence-corrected chi connectivity index (χ0v) is 15.6. The molecule has 2 aromatic rings. The molecule has 0 bridgehead atoms. The normalized spacial score (nSPS) is 15.7. The summed E-state index contributed by atoms with van der Waals surface area (Å²) in [5.74, 6) is 1.08.